The molecule has 1 N–H and O–H groups in total. The smallest absolute Gasteiger partial charge is 0.237 e. The molecule has 0 bridgehead atoms. The summed E-state index contributed by atoms with van der Waals surface area (Å²) in [5, 5.41) is 3.10. The second kappa shape index (κ2) is 7.68. The third-order valence-corrected chi connectivity index (χ3v) is 4.96. The van der Waals surface area contributed by atoms with Crippen LogP contribution in [0, 0.1) is 0 Å². The summed E-state index contributed by atoms with van der Waals surface area (Å²) in [5.74, 6) is 0.124. The van der Waals surface area contributed by atoms with Gasteiger partial charge in [0.15, 0.2) is 0 Å². The van der Waals surface area contributed by atoms with Crippen molar-refractivity contribution >= 4 is 5.91 Å². The Morgan fingerprint density at radius 3 is 3.13 bits per heavy atom. The standard InChI is InChI=1S/C18H26N4O/c1-14(18(23)20-9-7-15-5-3-2-4-6-15)22-10-8-16-11-19-13-21-17(16)12-22/h5,11,13-14H,2-4,6-10,12H2,1H3,(H,20,23). The van der Waals surface area contributed by atoms with Gasteiger partial charge in [-0.3, -0.25) is 9.69 Å². The first-order chi connectivity index (χ1) is 11.2. The van der Waals surface area contributed by atoms with Crippen molar-refractivity contribution in [2.75, 3.05) is 13.1 Å². The molecule has 0 radical (unpaired) electrons. The van der Waals surface area contributed by atoms with Crippen LogP contribution < -0.4 is 5.32 Å². The Kier molecular flexibility index (Phi) is 5.39. The lowest BCUT2D eigenvalue weighted by atomic mass is 9.97. The molecular formula is C18H26N4O. The third-order valence-electron chi connectivity index (χ3n) is 4.96. The van der Waals surface area contributed by atoms with E-state index in [0.717, 1.165) is 38.2 Å². The van der Waals surface area contributed by atoms with E-state index in [2.05, 4.69) is 26.3 Å². The third kappa shape index (κ3) is 4.16. The number of aromatic nitrogens is 2. The van der Waals surface area contributed by atoms with E-state index in [1.807, 2.05) is 13.1 Å². The highest BCUT2D eigenvalue weighted by molar-refractivity contribution is 5.81. The molecule has 0 spiro atoms. The Bertz CT molecular complexity index is 584. The van der Waals surface area contributed by atoms with Crippen LogP contribution >= 0.6 is 0 Å². The van der Waals surface area contributed by atoms with Crippen molar-refractivity contribution in [1.82, 2.24) is 20.2 Å². The summed E-state index contributed by atoms with van der Waals surface area (Å²) in [6, 6.07) is -0.113. The highest BCUT2D eigenvalue weighted by Gasteiger charge is 2.25. The number of fused-ring (bicyclic) bond motifs is 1. The van der Waals surface area contributed by atoms with Crippen molar-refractivity contribution in [1.29, 1.82) is 0 Å². The van der Waals surface area contributed by atoms with Gasteiger partial charge in [-0.25, -0.2) is 9.97 Å². The molecule has 1 amide bonds. The van der Waals surface area contributed by atoms with Crippen molar-refractivity contribution in [2.24, 2.45) is 0 Å². The van der Waals surface area contributed by atoms with Crippen molar-refractivity contribution in [3.05, 3.63) is 35.4 Å². The average molecular weight is 314 g/mol. The van der Waals surface area contributed by atoms with Gasteiger partial charge in [0.25, 0.3) is 0 Å². The van der Waals surface area contributed by atoms with Gasteiger partial charge in [-0.05, 0) is 51.0 Å². The number of amides is 1. The first kappa shape index (κ1) is 16.1. The molecule has 0 saturated heterocycles. The number of rotatable bonds is 5. The van der Waals surface area contributed by atoms with Crippen LogP contribution in [0.4, 0.5) is 0 Å². The zero-order valence-electron chi connectivity index (χ0n) is 13.9. The highest BCUT2D eigenvalue weighted by Crippen LogP contribution is 2.20. The van der Waals surface area contributed by atoms with Gasteiger partial charge in [-0.15, -0.1) is 0 Å². The van der Waals surface area contributed by atoms with Gasteiger partial charge in [0, 0.05) is 25.8 Å². The summed E-state index contributed by atoms with van der Waals surface area (Å²) in [6.07, 6.45) is 12.8. The maximum absolute atomic E-state index is 12.4. The molecule has 3 rings (SSSR count). The zero-order valence-corrected chi connectivity index (χ0v) is 13.9. The molecule has 0 aromatic carbocycles. The lowest BCUT2D eigenvalue weighted by molar-refractivity contribution is -0.126. The minimum absolute atomic E-state index is 0.113. The Balaban J connectivity index is 1.47. The number of hydrogen-bond acceptors (Lipinski definition) is 4. The lowest BCUT2D eigenvalue weighted by Crippen LogP contribution is -2.47. The van der Waals surface area contributed by atoms with Gasteiger partial charge >= 0.3 is 0 Å². The van der Waals surface area contributed by atoms with Gasteiger partial charge < -0.3 is 5.32 Å². The van der Waals surface area contributed by atoms with Crippen molar-refractivity contribution in [2.45, 2.75) is 58.0 Å². The fourth-order valence-corrected chi connectivity index (χ4v) is 3.39. The molecule has 5 nitrogen and oxygen atoms in total. The summed E-state index contributed by atoms with van der Waals surface area (Å²) in [7, 11) is 0. The predicted molar refractivity (Wildman–Crippen MR) is 89.8 cm³/mol. The quantitative estimate of drug-likeness (QED) is 0.847. The molecule has 23 heavy (non-hydrogen) atoms. The van der Waals surface area contributed by atoms with Crippen LogP contribution in [-0.4, -0.2) is 39.9 Å². The maximum Gasteiger partial charge on any atom is 0.237 e. The zero-order chi connectivity index (χ0) is 16.1. The fraction of sp³-hybridized carbons (Fsp3) is 0.611. The van der Waals surface area contributed by atoms with Gasteiger partial charge in [0.1, 0.15) is 6.33 Å². The highest BCUT2D eigenvalue weighted by atomic mass is 16.2. The second-order valence-electron chi connectivity index (χ2n) is 6.54. The molecule has 0 fully saturated rings. The molecular weight excluding hydrogens is 288 g/mol. The number of nitrogens with zero attached hydrogens (tertiary/aromatic N) is 3. The van der Waals surface area contributed by atoms with Crippen molar-refractivity contribution < 1.29 is 4.79 Å². The average Bonchev–Trinajstić information content (AvgIpc) is 2.61. The molecule has 1 aromatic heterocycles. The number of nitrogens with one attached hydrogen (secondary N) is 1. The molecule has 0 saturated carbocycles. The topological polar surface area (TPSA) is 58.1 Å². The SMILES string of the molecule is CC(C(=O)NCCC1=CCCCC1)N1CCc2cncnc2C1. The second-order valence-corrected chi connectivity index (χ2v) is 6.54. The van der Waals surface area contributed by atoms with Gasteiger partial charge in [0.2, 0.25) is 5.91 Å². The van der Waals surface area contributed by atoms with Crippen LogP contribution in [-0.2, 0) is 17.8 Å². The molecule has 1 aliphatic heterocycles. The van der Waals surface area contributed by atoms with Crippen molar-refractivity contribution in [3.8, 4) is 0 Å². The van der Waals surface area contributed by atoms with Gasteiger partial charge in [-0.1, -0.05) is 11.6 Å². The van der Waals surface area contributed by atoms with E-state index < -0.39 is 0 Å². The number of carbonyl (C=O) groups excluding carboxylic acids is 1. The normalized spacial score (nSPS) is 19.6. The van der Waals surface area contributed by atoms with Crippen LogP contribution in [0.25, 0.3) is 0 Å². The molecule has 1 atom stereocenters. The van der Waals surface area contributed by atoms with E-state index in [9.17, 15) is 4.79 Å². The summed E-state index contributed by atoms with van der Waals surface area (Å²) < 4.78 is 0. The summed E-state index contributed by atoms with van der Waals surface area (Å²) >= 11 is 0. The van der Waals surface area contributed by atoms with E-state index in [4.69, 9.17) is 0 Å². The Morgan fingerprint density at radius 2 is 2.30 bits per heavy atom. The van der Waals surface area contributed by atoms with Gasteiger partial charge in [0.05, 0.1) is 11.7 Å². The molecule has 1 unspecified atom stereocenters. The Morgan fingerprint density at radius 1 is 1.39 bits per heavy atom. The first-order valence-corrected chi connectivity index (χ1v) is 8.71. The molecule has 1 aliphatic carbocycles. The summed E-state index contributed by atoms with van der Waals surface area (Å²) in [6.45, 7) is 4.36. The minimum atomic E-state index is -0.113. The monoisotopic (exact) mass is 314 g/mol. The summed E-state index contributed by atoms with van der Waals surface area (Å²) in [5.41, 5.74) is 3.77. The lowest BCUT2D eigenvalue weighted by Gasteiger charge is -2.32. The van der Waals surface area contributed by atoms with Gasteiger partial charge in [-0.2, -0.15) is 0 Å². The Hall–Kier alpha value is -1.75. The number of carbonyl (C=O) groups is 1. The predicted octanol–water partition coefficient (Wildman–Crippen LogP) is 2.23. The molecule has 2 aliphatic rings. The van der Waals surface area contributed by atoms with E-state index in [0.29, 0.717) is 0 Å². The van der Waals surface area contributed by atoms with Crippen LogP contribution in [0.15, 0.2) is 24.2 Å². The minimum Gasteiger partial charge on any atom is -0.354 e. The van der Waals surface area contributed by atoms with E-state index >= 15 is 0 Å². The number of hydrogen-bond donors (Lipinski definition) is 1. The molecule has 5 heteroatoms. The molecule has 1 aromatic rings. The summed E-state index contributed by atoms with van der Waals surface area (Å²) in [4.78, 5) is 23.0. The van der Waals surface area contributed by atoms with Crippen LogP contribution in [0.5, 0.6) is 0 Å². The Labute approximate surface area is 138 Å². The largest absolute Gasteiger partial charge is 0.354 e. The fourth-order valence-electron chi connectivity index (χ4n) is 3.39. The molecule has 2 heterocycles. The van der Waals surface area contributed by atoms with E-state index in [1.54, 1.807) is 6.33 Å². The van der Waals surface area contributed by atoms with Crippen LogP contribution in [0.1, 0.15) is 50.3 Å². The van der Waals surface area contributed by atoms with Crippen LogP contribution in [0.3, 0.4) is 0 Å². The molecule has 124 valence electrons. The van der Waals surface area contributed by atoms with E-state index in [1.165, 1.54) is 36.8 Å². The first-order valence-electron chi connectivity index (χ1n) is 8.71. The number of allylic oxidation sites excluding steroid dienone is 1. The maximum atomic E-state index is 12.4. The van der Waals surface area contributed by atoms with E-state index in [-0.39, 0.29) is 11.9 Å². The van der Waals surface area contributed by atoms with Crippen molar-refractivity contribution in [3.63, 3.8) is 0 Å². The van der Waals surface area contributed by atoms with Crippen LogP contribution in [0.2, 0.25) is 0 Å².